The van der Waals surface area contributed by atoms with Crippen molar-refractivity contribution in [2.45, 2.75) is 38.5 Å². The van der Waals surface area contributed by atoms with Crippen LogP contribution in [0.3, 0.4) is 0 Å². The Hall–Kier alpha value is -1.91. The molecule has 0 radical (unpaired) electrons. The summed E-state index contributed by atoms with van der Waals surface area (Å²) in [6.45, 7) is 0. The van der Waals surface area contributed by atoms with E-state index in [1.807, 2.05) is 12.1 Å². The number of carboxylic acid groups (broad SMARTS) is 1. The Labute approximate surface area is 134 Å². The molecule has 5 nitrogen and oxygen atoms in total. The van der Waals surface area contributed by atoms with E-state index >= 15 is 0 Å². The SMILES string of the molecule is O=C(O)[C@@]12CCC(Cc3ccc([N+](=O)[O-])cc3)[C@H]1[C@@H]1CC[C@H]2C1. The molecule has 3 fully saturated rings. The van der Waals surface area contributed by atoms with Crippen LogP contribution in [0.5, 0.6) is 0 Å². The molecule has 0 saturated heterocycles. The van der Waals surface area contributed by atoms with Crippen LogP contribution in [0, 0.1) is 39.2 Å². The van der Waals surface area contributed by atoms with Crippen LogP contribution in [0.15, 0.2) is 24.3 Å². The van der Waals surface area contributed by atoms with Gasteiger partial charge in [-0.15, -0.1) is 0 Å². The van der Waals surface area contributed by atoms with Crippen molar-refractivity contribution < 1.29 is 14.8 Å². The summed E-state index contributed by atoms with van der Waals surface area (Å²) in [7, 11) is 0. The van der Waals surface area contributed by atoms with Gasteiger partial charge in [-0.25, -0.2) is 0 Å². The molecule has 122 valence electrons. The van der Waals surface area contributed by atoms with Crippen LogP contribution in [0.4, 0.5) is 5.69 Å². The number of hydrogen-bond acceptors (Lipinski definition) is 3. The van der Waals surface area contributed by atoms with Crippen LogP contribution in [-0.2, 0) is 11.2 Å². The van der Waals surface area contributed by atoms with Gasteiger partial charge in [0.2, 0.25) is 0 Å². The number of nitro benzene ring substituents is 1. The third kappa shape index (κ3) is 2.02. The van der Waals surface area contributed by atoms with Crippen LogP contribution < -0.4 is 0 Å². The van der Waals surface area contributed by atoms with Gasteiger partial charge in [-0.05, 0) is 67.8 Å². The lowest BCUT2D eigenvalue weighted by molar-refractivity contribution is -0.384. The number of aliphatic carboxylic acids is 1. The number of fused-ring (bicyclic) bond motifs is 5. The molecular formula is C18H21NO4. The molecule has 0 aliphatic heterocycles. The molecule has 3 aliphatic carbocycles. The van der Waals surface area contributed by atoms with Crippen molar-refractivity contribution in [2.24, 2.45) is 29.1 Å². The first kappa shape index (κ1) is 14.7. The summed E-state index contributed by atoms with van der Waals surface area (Å²) in [6, 6.07) is 6.75. The van der Waals surface area contributed by atoms with Crippen LogP contribution >= 0.6 is 0 Å². The molecule has 23 heavy (non-hydrogen) atoms. The summed E-state index contributed by atoms with van der Waals surface area (Å²) in [5, 5.41) is 20.7. The van der Waals surface area contributed by atoms with Gasteiger partial charge in [0, 0.05) is 12.1 Å². The fraction of sp³-hybridized carbons (Fsp3) is 0.611. The van der Waals surface area contributed by atoms with E-state index in [2.05, 4.69) is 0 Å². The van der Waals surface area contributed by atoms with Crippen molar-refractivity contribution in [2.75, 3.05) is 0 Å². The number of non-ortho nitro benzene ring substituents is 1. The summed E-state index contributed by atoms with van der Waals surface area (Å²) in [6.07, 6.45) is 5.99. The minimum atomic E-state index is -0.583. The molecule has 0 amide bonds. The zero-order chi connectivity index (χ0) is 16.2. The lowest BCUT2D eigenvalue weighted by atomic mass is 9.65. The van der Waals surface area contributed by atoms with Gasteiger partial charge >= 0.3 is 5.97 Å². The third-order valence-electron chi connectivity index (χ3n) is 6.78. The lowest BCUT2D eigenvalue weighted by Crippen LogP contribution is -2.41. The Bertz CT molecular complexity index is 655. The summed E-state index contributed by atoms with van der Waals surface area (Å²) in [5.41, 5.74) is 0.721. The van der Waals surface area contributed by atoms with E-state index in [9.17, 15) is 20.0 Å². The van der Waals surface area contributed by atoms with Crippen LogP contribution in [0.25, 0.3) is 0 Å². The Kier molecular flexibility index (Phi) is 3.22. The zero-order valence-electron chi connectivity index (χ0n) is 13.0. The minimum absolute atomic E-state index is 0.111. The van der Waals surface area contributed by atoms with Gasteiger partial charge in [0.15, 0.2) is 0 Å². The standard InChI is InChI=1S/C18H21NO4/c20-17(21)18-8-7-13(16(18)12-3-4-14(18)10-12)9-11-1-5-15(6-2-11)19(22)23/h1-2,5-6,12-14,16H,3-4,7-10H2,(H,20,21)/t12-,13?,14+,16-,18-/m1/s1. The average molecular weight is 315 g/mol. The highest BCUT2D eigenvalue weighted by Gasteiger charge is 2.66. The van der Waals surface area contributed by atoms with Crippen molar-refractivity contribution in [1.29, 1.82) is 0 Å². The number of carbonyl (C=O) groups is 1. The molecular weight excluding hydrogens is 294 g/mol. The smallest absolute Gasteiger partial charge is 0.310 e. The average Bonchev–Trinajstić information content (AvgIpc) is 3.20. The van der Waals surface area contributed by atoms with E-state index in [-0.39, 0.29) is 10.6 Å². The maximum Gasteiger partial charge on any atom is 0.310 e. The quantitative estimate of drug-likeness (QED) is 0.679. The fourth-order valence-electron chi connectivity index (χ4n) is 5.99. The number of carboxylic acids is 1. The van der Waals surface area contributed by atoms with Crippen molar-refractivity contribution >= 4 is 11.7 Å². The first-order valence-electron chi connectivity index (χ1n) is 8.49. The summed E-state index contributed by atoms with van der Waals surface area (Å²) in [5.74, 6) is 1.07. The van der Waals surface area contributed by atoms with E-state index in [0.29, 0.717) is 23.7 Å². The summed E-state index contributed by atoms with van der Waals surface area (Å²) >= 11 is 0. The third-order valence-corrected chi connectivity index (χ3v) is 6.78. The van der Waals surface area contributed by atoms with Crippen molar-refractivity contribution in [3.05, 3.63) is 39.9 Å². The summed E-state index contributed by atoms with van der Waals surface area (Å²) in [4.78, 5) is 22.4. The largest absolute Gasteiger partial charge is 0.481 e. The maximum atomic E-state index is 12.0. The highest BCUT2D eigenvalue weighted by molar-refractivity contribution is 5.77. The van der Waals surface area contributed by atoms with Crippen LogP contribution in [0.1, 0.15) is 37.7 Å². The molecule has 3 aliphatic rings. The Morgan fingerprint density at radius 1 is 1.26 bits per heavy atom. The molecule has 5 heteroatoms. The van der Waals surface area contributed by atoms with Crippen molar-refractivity contribution in [1.82, 2.24) is 0 Å². The highest BCUT2D eigenvalue weighted by Crippen LogP contribution is 2.68. The number of hydrogen-bond donors (Lipinski definition) is 1. The second-order valence-corrected chi connectivity index (χ2v) is 7.57. The highest BCUT2D eigenvalue weighted by atomic mass is 16.6. The van der Waals surface area contributed by atoms with E-state index < -0.39 is 11.4 Å². The molecule has 0 spiro atoms. The molecule has 5 atom stereocenters. The van der Waals surface area contributed by atoms with Crippen molar-refractivity contribution in [3.63, 3.8) is 0 Å². The number of rotatable bonds is 4. The predicted molar refractivity (Wildman–Crippen MR) is 83.9 cm³/mol. The molecule has 4 rings (SSSR count). The van der Waals surface area contributed by atoms with Gasteiger partial charge in [-0.1, -0.05) is 12.1 Å². The zero-order valence-corrected chi connectivity index (χ0v) is 13.0. The van der Waals surface area contributed by atoms with Gasteiger partial charge in [0.1, 0.15) is 0 Å². The molecule has 0 aromatic heterocycles. The molecule has 0 heterocycles. The first-order chi connectivity index (χ1) is 11.0. The van der Waals surface area contributed by atoms with Gasteiger partial charge < -0.3 is 5.11 Å². The van der Waals surface area contributed by atoms with Gasteiger partial charge in [-0.3, -0.25) is 14.9 Å². The molecule has 1 aromatic carbocycles. The van der Waals surface area contributed by atoms with Gasteiger partial charge in [0.25, 0.3) is 5.69 Å². The second kappa shape index (κ2) is 5.05. The first-order valence-corrected chi connectivity index (χ1v) is 8.49. The Morgan fingerprint density at radius 3 is 2.65 bits per heavy atom. The Balaban J connectivity index is 1.57. The number of nitro groups is 1. The number of nitrogens with zero attached hydrogens (tertiary/aromatic N) is 1. The van der Waals surface area contributed by atoms with Crippen LogP contribution in [0.2, 0.25) is 0 Å². The van der Waals surface area contributed by atoms with E-state index in [1.165, 1.54) is 6.42 Å². The molecule has 1 N–H and O–H groups in total. The monoisotopic (exact) mass is 315 g/mol. The van der Waals surface area contributed by atoms with E-state index in [0.717, 1.165) is 37.7 Å². The van der Waals surface area contributed by atoms with Crippen LogP contribution in [-0.4, -0.2) is 16.0 Å². The minimum Gasteiger partial charge on any atom is -0.481 e. The fourth-order valence-corrected chi connectivity index (χ4v) is 5.99. The number of benzene rings is 1. The Morgan fingerprint density at radius 2 is 2.00 bits per heavy atom. The molecule has 1 aromatic rings. The molecule has 1 unspecified atom stereocenters. The molecule has 2 bridgehead atoms. The predicted octanol–water partition coefficient (Wildman–Crippen LogP) is 3.66. The van der Waals surface area contributed by atoms with Gasteiger partial charge in [-0.2, -0.15) is 0 Å². The second-order valence-electron chi connectivity index (χ2n) is 7.57. The molecule has 3 saturated carbocycles. The normalized spacial score (nSPS) is 37.7. The lowest BCUT2D eigenvalue weighted by Gasteiger charge is -2.37. The topological polar surface area (TPSA) is 80.4 Å². The van der Waals surface area contributed by atoms with E-state index in [1.54, 1.807) is 12.1 Å². The maximum absolute atomic E-state index is 12.0. The summed E-state index contributed by atoms with van der Waals surface area (Å²) < 4.78 is 0. The van der Waals surface area contributed by atoms with Gasteiger partial charge in [0.05, 0.1) is 10.3 Å². The van der Waals surface area contributed by atoms with Crippen molar-refractivity contribution in [3.8, 4) is 0 Å². The van der Waals surface area contributed by atoms with E-state index in [4.69, 9.17) is 0 Å².